The summed E-state index contributed by atoms with van der Waals surface area (Å²) < 4.78 is 5.20. The molecule has 0 saturated heterocycles. The fourth-order valence-corrected chi connectivity index (χ4v) is 1.26. The number of nitrogens with one attached hydrogen (secondary N) is 1. The number of hydrogen-bond donors (Lipinski definition) is 2. The molecule has 1 heterocycles. The average Bonchev–Trinajstić information content (AvgIpc) is 2.43. The van der Waals surface area contributed by atoms with Gasteiger partial charge in [0.2, 0.25) is 0 Å². The van der Waals surface area contributed by atoms with E-state index in [1.54, 1.807) is 30.4 Å². The molecule has 0 aliphatic carbocycles. The van der Waals surface area contributed by atoms with Gasteiger partial charge in [0.25, 0.3) is 5.91 Å². The zero-order valence-corrected chi connectivity index (χ0v) is 10.5. The summed E-state index contributed by atoms with van der Waals surface area (Å²) in [6, 6.07) is 4.99. The third-order valence-electron chi connectivity index (χ3n) is 2.09. The Hall–Kier alpha value is -2.40. The lowest BCUT2D eigenvalue weighted by Crippen LogP contribution is -2.18. The van der Waals surface area contributed by atoms with Crippen LogP contribution in [0.1, 0.15) is 5.69 Å². The lowest BCUT2D eigenvalue weighted by molar-refractivity contribution is -0.119. The number of aromatic nitrogens is 1. The van der Waals surface area contributed by atoms with Crippen LogP contribution in [0, 0.1) is 0 Å². The molecular weight excluding hydrogens is 244 g/mol. The van der Waals surface area contributed by atoms with Gasteiger partial charge in [0, 0.05) is 0 Å². The van der Waals surface area contributed by atoms with Gasteiger partial charge in [0.15, 0.2) is 6.61 Å². The number of carbonyl (C=O) groups is 1. The number of amides is 1. The van der Waals surface area contributed by atoms with E-state index in [0.717, 1.165) is 0 Å². The number of nitrogens with zero attached hydrogens (tertiary/aromatic N) is 1. The summed E-state index contributed by atoms with van der Waals surface area (Å²) in [5.41, 5.74) is 0.483. The van der Waals surface area contributed by atoms with Crippen molar-refractivity contribution in [2.24, 2.45) is 0 Å². The Bertz CT molecular complexity index is 495. The molecule has 5 heteroatoms. The number of hydrogen-bond acceptors (Lipinski definition) is 4. The zero-order valence-electron chi connectivity index (χ0n) is 10.5. The van der Waals surface area contributed by atoms with Gasteiger partial charge in [-0.05, 0) is 24.3 Å². The number of pyridine rings is 1. The normalized spacial score (nSPS) is 10.7. The maximum absolute atomic E-state index is 11.6. The van der Waals surface area contributed by atoms with Crippen molar-refractivity contribution in [3.63, 3.8) is 0 Å². The molecule has 0 radical (unpaired) electrons. The minimum Gasteiger partial charge on any atom is -0.484 e. The quantitative estimate of drug-likeness (QED) is 0.579. The first kappa shape index (κ1) is 14.7. The predicted octanol–water partition coefficient (Wildman–Crippen LogP) is 1.78. The van der Waals surface area contributed by atoms with Crippen molar-refractivity contribution in [1.82, 2.24) is 4.98 Å². The van der Waals surface area contributed by atoms with Gasteiger partial charge in [-0.2, -0.15) is 0 Å². The van der Waals surface area contributed by atoms with E-state index in [-0.39, 0.29) is 19.1 Å². The van der Waals surface area contributed by atoms with Gasteiger partial charge >= 0.3 is 0 Å². The topological polar surface area (TPSA) is 71.5 Å². The van der Waals surface area contributed by atoms with Crippen LogP contribution in [0.4, 0.5) is 5.82 Å². The third-order valence-corrected chi connectivity index (χ3v) is 2.09. The van der Waals surface area contributed by atoms with Crippen LogP contribution in [-0.4, -0.2) is 22.6 Å². The molecule has 1 amide bonds. The molecule has 0 aromatic carbocycles. The van der Waals surface area contributed by atoms with Crippen LogP contribution in [0.3, 0.4) is 0 Å². The predicted molar refractivity (Wildman–Crippen MR) is 73.2 cm³/mol. The van der Waals surface area contributed by atoms with Gasteiger partial charge in [-0.3, -0.25) is 4.79 Å². The Kier molecular flexibility index (Phi) is 6.05. The van der Waals surface area contributed by atoms with Crippen LogP contribution in [0.25, 0.3) is 0 Å². The highest BCUT2D eigenvalue weighted by atomic mass is 16.5. The van der Waals surface area contributed by atoms with E-state index in [2.05, 4.69) is 23.5 Å². The molecule has 5 nitrogen and oxygen atoms in total. The van der Waals surface area contributed by atoms with Crippen LogP contribution < -0.4 is 5.32 Å². The minimum absolute atomic E-state index is 0.156. The number of aliphatic hydroxyl groups is 1. The monoisotopic (exact) mass is 260 g/mol. The largest absolute Gasteiger partial charge is 0.484 e. The van der Waals surface area contributed by atoms with E-state index >= 15 is 0 Å². The summed E-state index contributed by atoms with van der Waals surface area (Å²) in [6.07, 6.45) is 4.63. The molecule has 19 heavy (non-hydrogen) atoms. The van der Waals surface area contributed by atoms with Gasteiger partial charge in [-0.1, -0.05) is 25.3 Å². The minimum atomic E-state index is -0.348. The van der Waals surface area contributed by atoms with E-state index in [4.69, 9.17) is 9.84 Å². The van der Waals surface area contributed by atoms with Crippen molar-refractivity contribution in [3.05, 3.63) is 61.0 Å². The van der Waals surface area contributed by atoms with Crippen LogP contribution in [0.15, 0.2) is 55.3 Å². The molecule has 0 unspecified atom stereocenters. The molecule has 100 valence electrons. The molecule has 2 N–H and O–H groups in total. The van der Waals surface area contributed by atoms with Crippen molar-refractivity contribution >= 4 is 11.7 Å². The molecule has 0 saturated carbocycles. The zero-order chi connectivity index (χ0) is 14.1. The molecule has 0 aliphatic heterocycles. The lowest BCUT2D eigenvalue weighted by atomic mass is 10.3. The highest BCUT2D eigenvalue weighted by molar-refractivity contribution is 5.90. The van der Waals surface area contributed by atoms with Crippen LogP contribution in [0.5, 0.6) is 0 Å². The lowest BCUT2D eigenvalue weighted by Gasteiger charge is -2.07. The van der Waals surface area contributed by atoms with Crippen molar-refractivity contribution in [3.8, 4) is 0 Å². The second-order valence-electron chi connectivity index (χ2n) is 3.52. The number of ether oxygens (including phenoxy) is 1. The standard InChI is InChI=1S/C14H16N2O3/c1-3-6-12(4-2)19-10-14(18)16-13-8-5-7-11(9-17)15-13/h3-8,17H,1-2,9-10H2,(H,15,16,18)/b12-6+. The highest BCUT2D eigenvalue weighted by Crippen LogP contribution is 2.05. The second kappa shape index (κ2) is 7.84. The SMILES string of the molecule is C=C/C=C(\C=C)OCC(=O)Nc1cccc(CO)n1. The van der Waals surface area contributed by atoms with E-state index in [1.165, 1.54) is 6.08 Å². The number of anilines is 1. The molecule has 0 spiro atoms. The van der Waals surface area contributed by atoms with Crippen molar-refractivity contribution in [1.29, 1.82) is 0 Å². The fraction of sp³-hybridized carbons (Fsp3) is 0.143. The van der Waals surface area contributed by atoms with E-state index in [9.17, 15) is 4.79 Å². The maximum atomic E-state index is 11.6. The highest BCUT2D eigenvalue weighted by Gasteiger charge is 2.05. The first-order chi connectivity index (χ1) is 9.19. The number of rotatable bonds is 7. The van der Waals surface area contributed by atoms with Gasteiger partial charge in [0.05, 0.1) is 12.3 Å². The second-order valence-corrected chi connectivity index (χ2v) is 3.52. The molecular formula is C14H16N2O3. The summed E-state index contributed by atoms with van der Waals surface area (Å²) in [6.45, 7) is 6.74. The fourth-order valence-electron chi connectivity index (χ4n) is 1.26. The third kappa shape index (κ3) is 5.18. The summed E-state index contributed by atoms with van der Waals surface area (Å²) in [4.78, 5) is 15.6. The Balaban J connectivity index is 2.53. The van der Waals surface area contributed by atoms with Gasteiger partial charge in [-0.15, -0.1) is 0 Å². The smallest absolute Gasteiger partial charge is 0.263 e. The number of aliphatic hydroxyl groups excluding tert-OH is 1. The Morgan fingerprint density at radius 1 is 1.47 bits per heavy atom. The number of carbonyl (C=O) groups excluding carboxylic acids is 1. The number of allylic oxidation sites excluding steroid dienone is 3. The van der Waals surface area contributed by atoms with E-state index < -0.39 is 0 Å². The molecule has 0 aliphatic rings. The Morgan fingerprint density at radius 3 is 2.89 bits per heavy atom. The molecule has 1 rings (SSSR count). The van der Waals surface area contributed by atoms with Gasteiger partial charge < -0.3 is 15.2 Å². The van der Waals surface area contributed by atoms with E-state index in [1.807, 2.05) is 0 Å². The molecule has 0 atom stereocenters. The van der Waals surface area contributed by atoms with E-state index in [0.29, 0.717) is 17.3 Å². The summed E-state index contributed by atoms with van der Waals surface area (Å²) in [5.74, 6) is 0.481. The van der Waals surface area contributed by atoms with Gasteiger partial charge in [-0.25, -0.2) is 4.98 Å². The maximum Gasteiger partial charge on any atom is 0.263 e. The van der Waals surface area contributed by atoms with Crippen LogP contribution in [0.2, 0.25) is 0 Å². The first-order valence-corrected chi connectivity index (χ1v) is 5.64. The summed E-state index contributed by atoms with van der Waals surface area (Å²) in [7, 11) is 0. The average molecular weight is 260 g/mol. The summed E-state index contributed by atoms with van der Waals surface area (Å²) >= 11 is 0. The van der Waals surface area contributed by atoms with Crippen LogP contribution in [-0.2, 0) is 16.1 Å². The molecule has 0 bridgehead atoms. The Labute approximate surface area is 111 Å². The van der Waals surface area contributed by atoms with Crippen molar-refractivity contribution < 1.29 is 14.6 Å². The van der Waals surface area contributed by atoms with Crippen LogP contribution >= 0.6 is 0 Å². The Morgan fingerprint density at radius 2 is 2.26 bits per heavy atom. The molecule has 0 fully saturated rings. The van der Waals surface area contributed by atoms with Crippen molar-refractivity contribution in [2.75, 3.05) is 11.9 Å². The molecule has 1 aromatic rings. The first-order valence-electron chi connectivity index (χ1n) is 5.64. The summed E-state index contributed by atoms with van der Waals surface area (Å²) in [5, 5.41) is 11.5. The van der Waals surface area contributed by atoms with Gasteiger partial charge in [0.1, 0.15) is 11.6 Å². The molecule has 1 aromatic heterocycles. The van der Waals surface area contributed by atoms with Crippen molar-refractivity contribution in [2.45, 2.75) is 6.61 Å².